The van der Waals surface area contributed by atoms with Crippen LogP contribution in [0.2, 0.25) is 0 Å². The number of aromatic nitrogens is 1. The van der Waals surface area contributed by atoms with Crippen LogP contribution in [0.5, 0.6) is 0 Å². The van der Waals surface area contributed by atoms with Crippen molar-refractivity contribution in [1.29, 1.82) is 0 Å². The Morgan fingerprint density at radius 2 is 1.90 bits per heavy atom. The Labute approximate surface area is 140 Å². The van der Waals surface area contributed by atoms with Crippen LogP contribution in [-0.2, 0) is 10.0 Å². The van der Waals surface area contributed by atoms with Gasteiger partial charge in [-0.2, -0.15) is 0 Å². The second-order valence-electron chi connectivity index (χ2n) is 4.32. The zero-order chi connectivity index (χ0) is 15.6. The normalized spacial score (nSPS) is 11.2. The van der Waals surface area contributed by atoms with Gasteiger partial charge in [-0.3, -0.25) is 4.72 Å². The summed E-state index contributed by atoms with van der Waals surface area (Å²) in [6.45, 7) is 1.89. The molecule has 0 aliphatic carbocycles. The van der Waals surface area contributed by atoms with Crippen LogP contribution in [0.3, 0.4) is 0 Å². The Morgan fingerprint density at radius 3 is 2.52 bits per heavy atom. The topological polar surface area (TPSA) is 71.1 Å². The molecule has 0 unspecified atom stereocenters. The fourth-order valence-electron chi connectivity index (χ4n) is 1.73. The van der Waals surface area contributed by atoms with Gasteiger partial charge in [-0.25, -0.2) is 13.4 Å². The van der Waals surface area contributed by atoms with Crippen molar-refractivity contribution in [1.82, 2.24) is 4.98 Å². The summed E-state index contributed by atoms with van der Waals surface area (Å²) in [5.41, 5.74) is 1.44. The van der Waals surface area contributed by atoms with Crippen LogP contribution in [0, 0.1) is 6.92 Å². The predicted octanol–water partition coefficient (Wildman–Crippen LogP) is 3.76. The molecule has 2 rings (SSSR count). The molecule has 5 nitrogen and oxygen atoms in total. The molecule has 0 amide bonds. The third kappa shape index (κ3) is 3.75. The zero-order valence-electron chi connectivity index (χ0n) is 11.3. The summed E-state index contributed by atoms with van der Waals surface area (Å²) in [7, 11) is -2.10. The highest BCUT2D eigenvalue weighted by Gasteiger charge is 2.20. The molecular weight excluding hydrogens is 422 g/mol. The minimum absolute atomic E-state index is 0.0833. The summed E-state index contributed by atoms with van der Waals surface area (Å²) >= 11 is 6.62. The number of halogens is 2. The van der Waals surface area contributed by atoms with E-state index in [1.54, 1.807) is 25.2 Å². The van der Waals surface area contributed by atoms with Gasteiger partial charge in [0.2, 0.25) is 0 Å². The Balaban J connectivity index is 2.42. The maximum atomic E-state index is 12.5. The van der Waals surface area contributed by atoms with Crippen LogP contribution in [0.15, 0.2) is 44.3 Å². The van der Waals surface area contributed by atoms with E-state index in [9.17, 15) is 8.42 Å². The Bertz CT molecular complexity index is 779. The van der Waals surface area contributed by atoms with Crippen LogP contribution in [-0.4, -0.2) is 20.4 Å². The van der Waals surface area contributed by atoms with Crippen LogP contribution < -0.4 is 10.0 Å². The Kier molecular flexibility index (Phi) is 4.90. The first-order valence-electron chi connectivity index (χ1n) is 5.96. The molecule has 0 aliphatic rings. The van der Waals surface area contributed by atoms with Crippen molar-refractivity contribution in [3.8, 4) is 0 Å². The number of hydrogen-bond acceptors (Lipinski definition) is 4. The van der Waals surface area contributed by atoms with Crippen molar-refractivity contribution in [2.45, 2.75) is 11.8 Å². The van der Waals surface area contributed by atoms with Gasteiger partial charge in [0, 0.05) is 27.9 Å². The van der Waals surface area contributed by atoms with E-state index >= 15 is 0 Å². The number of rotatable bonds is 4. The number of anilines is 2. The van der Waals surface area contributed by atoms with E-state index < -0.39 is 10.0 Å². The molecule has 21 heavy (non-hydrogen) atoms. The summed E-state index contributed by atoms with van der Waals surface area (Å²) in [6.07, 6.45) is 1.54. The highest BCUT2D eigenvalue weighted by atomic mass is 79.9. The average molecular weight is 435 g/mol. The van der Waals surface area contributed by atoms with E-state index in [1.165, 1.54) is 12.3 Å². The molecule has 1 aromatic carbocycles. The molecule has 0 bridgehead atoms. The first kappa shape index (κ1) is 16.3. The van der Waals surface area contributed by atoms with Gasteiger partial charge in [0.25, 0.3) is 10.0 Å². The second kappa shape index (κ2) is 6.33. The predicted molar refractivity (Wildman–Crippen MR) is 91.2 cm³/mol. The fraction of sp³-hybridized carbons (Fsp3) is 0.154. The highest BCUT2D eigenvalue weighted by molar-refractivity contribution is 9.10. The molecule has 0 aliphatic heterocycles. The first-order valence-corrected chi connectivity index (χ1v) is 9.02. The van der Waals surface area contributed by atoms with Gasteiger partial charge in [0.05, 0.1) is 0 Å². The van der Waals surface area contributed by atoms with E-state index in [4.69, 9.17) is 0 Å². The standard InChI is InChI=1S/C13H13Br2N3O2S/c1-8-5-10(3-4-11(8)15)18-21(19,20)12-6-9(14)7-17-13(12)16-2/h3-7,18H,1-2H3,(H,16,17). The minimum atomic E-state index is -3.73. The number of pyridine rings is 1. The minimum Gasteiger partial charge on any atom is -0.372 e. The van der Waals surface area contributed by atoms with Gasteiger partial charge < -0.3 is 5.32 Å². The summed E-state index contributed by atoms with van der Waals surface area (Å²) in [5, 5.41) is 2.78. The Hall–Kier alpha value is -1.12. The Morgan fingerprint density at radius 1 is 1.19 bits per heavy atom. The van der Waals surface area contributed by atoms with Gasteiger partial charge >= 0.3 is 0 Å². The van der Waals surface area contributed by atoms with Crippen LogP contribution in [0.25, 0.3) is 0 Å². The van der Waals surface area contributed by atoms with Gasteiger partial charge in [-0.15, -0.1) is 0 Å². The molecule has 8 heteroatoms. The molecule has 0 atom stereocenters. The number of sulfonamides is 1. The molecule has 0 saturated carbocycles. The van der Waals surface area contributed by atoms with Gasteiger partial charge in [0.1, 0.15) is 10.7 Å². The lowest BCUT2D eigenvalue weighted by Gasteiger charge is -2.12. The van der Waals surface area contributed by atoms with Gasteiger partial charge in [0.15, 0.2) is 0 Å². The van der Waals surface area contributed by atoms with E-state index in [0.717, 1.165) is 10.0 Å². The molecule has 2 N–H and O–H groups in total. The first-order chi connectivity index (χ1) is 9.83. The highest BCUT2D eigenvalue weighted by Crippen LogP contribution is 2.26. The number of benzene rings is 1. The zero-order valence-corrected chi connectivity index (χ0v) is 15.3. The fourth-order valence-corrected chi connectivity index (χ4v) is 3.70. The second-order valence-corrected chi connectivity index (χ2v) is 7.74. The molecule has 0 spiro atoms. The average Bonchev–Trinajstić information content (AvgIpc) is 2.42. The van der Waals surface area contributed by atoms with E-state index in [1.807, 2.05) is 6.92 Å². The lowest BCUT2D eigenvalue weighted by Crippen LogP contribution is -2.15. The summed E-state index contributed by atoms with van der Waals surface area (Å²) in [6, 6.07) is 6.75. The molecular formula is C13H13Br2N3O2S. The summed E-state index contributed by atoms with van der Waals surface area (Å²) in [5.74, 6) is 0.291. The van der Waals surface area contributed by atoms with Crippen LogP contribution >= 0.6 is 31.9 Å². The lowest BCUT2D eigenvalue weighted by atomic mass is 10.2. The summed E-state index contributed by atoms with van der Waals surface area (Å²) in [4.78, 5) is 4.13. The third-order valence-electron chi connectivity index (χ3n) is 2.76. The largest absolute Gasteiger partial charge is 0.372 e. The summed E-state index contributed by atoms with van der Waals surface area (Å²) < 4.78 is 29.1. The number of nitrogens with one attached hydrogen (secondary N) is 2. The van der Waals surface area contributed by atoms with Crippen molar-refractivity contribution in [3.63, 3.8) is 0 Å². The maximum Gasteiger partial charge on any atom is 0.265 e. The van der Waals surface area contributed by atoms with Crippen molar-refractivity contribution in [3.05, 3.63) is 45.0 Å². The number of aryl methyl sites for hydroxylation is 1. The van der Waals surface area contributed by atoms with Crippen LogP contribution in [0.1, 0.15) is 5.56 Å². The van der Waals surface area contributed by atoms with E-state index in [0.29, 0.717) is 16.0 Å². The molecule has 0 saturated heterocycles. The number of hydrogen-bond donors (Lipinski definition) is 2. The van der Waals surface area contributed by atoms with Crippen molar-refractivity contribution < 1.29 is 8.42 Å². The lowest BCUT2D eigenvalue weighted by molar-refractivity contribution is 0.601. The molecule has 112 valence electrons. The maximum absolute atomic E-state index is 12.5. The van der Waals surface area contributed by atoms with Crippen molar-refractivity contribution >= 4 is 53.4 Å². The van der Waals surface area contributed by atoms with Crippen LogP contribution in [0.4, 0.5) is 11.5 Å². The molecule has 0 fully saturated rings. The molecule has 1 aromatic heterocycles. The molecule has 1 heterocycles. The van der Waals surface area contributed by atoms with Crippen molar-refractivity contribution in [2.24, 2.45) is 0 Å². The van der Waals surface area contributed by atoms with Gasteiger partial charge in [-0.1, -0.05) is 15.9 Å². The smallest absolute Gasteiger partial charge is 0.265 e. The van der Waals surface area contributed by atoms with Crippen molar-refractivity contribution in [2.75, 3.05) is 17.1 Å². The number of nitrogens with zero attached hydrogens (tertiary/aromatic N) is 1. The quantitative estimate of drug-likeness (QED) is 0.768. The van der Waals surface area contributed by atoms with E-state index in [2.05, 4.69) is 46.9 Å². The molecule has 0 radical (unpaired) electrons. The van der Waals surface area contributed by atoms with E-state index in [-0.39, 0.29) is 4.90 Å². The molecule has 2 aromatic rings. The monoisotopic (exact) mass is 433 g/mol. The third-order valence-corrected chi connectivity index (χ3v) is 5.47. The van der Waals surface area contributed by atoms with Gasteiger partial charge in [-0.05, 0) is 52.7 Å². The SMILES string of the molecule is CNc1ncc(Br)cc1S(=O)(=O)Nc1ccc(Br)c(C)c1.